The highest BCUT2D eigenvalue weighted by Crippen LogP contribution is 2.23. The molecule has 1 heterocycles. The van der Waals surface area contributed by atoms with Crippen LogP contribution in [0.2, 0.25) is 5.02 Å². The van der Waals surface area contributed by atoms with Crippen LogP contribution >= 0.6 is 11.6 Å². The van der Waals surface area contributed by atoms with E-state index in [-0.39, 0.29) is 18.0 Å². The monoisotopic (exact) mass is 346 g/mol. The SMILES string of the molecule is CCOC(=O)N1CCN(S(=O)(=O)c2ccc(C)c(Cl)c2)CC1. The van der Waals surface area contributed by atoms with E-state index in [9.17, 15) is 13.2 Å². The molecular formula is C14H19ClN2O4S. The summed E-state index contributed by atoms with van der Waals surface area (Å²) in [6.07, 6.45) is -0.405. The number of carbonyl (C=O) groups is 1. The lowest BCUT2D eigenvalue weighted by atomic mass is 10.2. The van der Waals surface area contributed by atoms with Gasteiger partial charge in [-0.15, -0.1) is 0 Å². The van der Waals surface area contributed by atoms with Crippen molar-refractivity contribution in [3.05, 3.63) is 28.8 Å². The lowest BCUT2D eigenvalue weighted by Crippen LogP contribution is -2.50. The molecule has 122 valence electrons. The summed E-state index contributed by atoms with van der Waals surface area (Å²) in [7, 11) is -3.59. The minimum atomic E-state index is -3.59. The third-order valence-corrected chi connectivity index (χ3v) is 5.85. The number of aryl methyl sites for hydroxylation is 1. The van der Waals surface area contributed by atoms with Gasteiger partial charge in [-0.2, -0.15) is 4.31 Å². The summed E-state index contributed by atoms with van der Waals surface area (Å²) in [5.41, 5.74) is 0.827. The van der Waals surface area contributed by atoms with Crippen molar-refractivity contribution in [2.24, 2.45) is 0 Å². The smallest absolute Gasteiger partial charge is 0.409 e. The van der Waals surface area contributed by atoms with Gasteiger partial charge in [-0.05, 0) is 31.5 Å². The first-order valence-electron chi connectivity index (χ1n) is 7.04. The molecule has 1 saturated heterocycles. The second-order valence-corrected chi connectivity index (χ2v) is 7.35. The first kappa shape index (κ1) is 17.1. The maximum Gasteiger partial charge on any atom is 0.409 e. The molecule has 1 aromatic rings. The molecular weight excluding hydrogens is 328 g/mol. The molecule has 0 atom stereocenters. The minimum Gasteiger partial charge on any atom is -0.450 e. The van der Waals surface area contributed by atoms with Crippen LogP contribution in [0.5, 0.6) is 0 Å². The van der Waals surface area contributed by atoms with Gasteiger partial charge in [0.1, 0.15) is 0 Å². The van der Waals surface area contributed by atoms with Crippen LogP contribution in [0, 0.1) is 6.92 Å². The van der Waals surface area contributed by atoms with Gasteiger partial charge in [-0.3, -0.25) is 0 Å². The Morgan fingerprint density at radius 1 is 1.27 bits per heavy atom. The van der Waals surface area contributed by atoms with Crippen molar-refractivity contribution in [2.45, 2.75) is 18.7 Å². The first-order chi connectivity index (χ1) is 10.4. The van der Waals surface area contributed by atoms with E-state index in [4.69, 9.17) is 16.3 Å². The van der Waals surface area contributed by atoms with Gasteiger partial charge in [-0.25, -0.2) is 13.2 Å². The van der Waals surface area contributed by atoms with Gasteiger partial charge in [-0.1, -0.05) is 17.7 Å². The van der Waals surface area contributed by atoms with Crippen molar-refractivity contribution in [2.75, 3.05) is 32.8 Å². The summed E-state index contributed by atoms with van der Waals surface area (Å²) in [6.45, 7) is 4.98. The summed E-state index contributed by atoms with van der Waals surface area (Å²) in [4.78, 5) is 13.3. The zero-order valence-corrected chi connectivity index (χ0v) is 14.2. The molecule has 0 radical (unpaired) electrons. The van der Waals surface area contributed by atoms with Crippen LogP contribution in [0.15, 0.2) is 23.1 Å². The summed E-state index contributed by atoms with van der Waals surface area (Å²) in [5, 5.41) is 0.422. The van der Waals surface area contributed by atoms with E-state index in [2.05, 4.69) is 0 Å². The van der Waals surface area contributed by atoms with Crippen LogP contribution in [-0.4, -0.2) is 56.5 Å². The lowest BCUT2D eigenvalue weighted by Gasteiger charge is -2.33. The maximum absolute atomic E-state index is 12.6. The van der Waals surface area contributed by atoms with Gasteiger partial charge in [0.15, 0.2) is 0 Å². The lowest BCUT2D eigenvalue weighted by molar-refractivity contribution is 0.0934. The molecule has 0 aromatic heterocycles. The predicted octanol–water partition coefficient (Wildman–Crippen LogP) is 2.11. The molecule has 1 aliphatic heterocycles. The molecule has 1 fully saturated rings. The number of sulfonamides is 1. The van der Waals surface area contributed by atoms with E-state index in [1.54, 1.807) is 19.1 Å². The fourth-order valence-electron chi connectivity index (χ4n) is 2.21. The molecule has 0 aliphatic carbocycles. The molecule has 0 saturated carbocycles. The van der Waals surface area contributed by atoms with Crippen LogP contribution in [0.3, 0.4) is 0 Å². The fourth-order valence-corrected chi connectivity index (χ4v) is 3.90. The molecule has 2 rings (SSSR count). The number of rotatable bonds is 3. The Morgan fingerprint density at radius 2 is 1.91 bits per heavy atom. The molecule has 0 spiro atoms. The van der Waals surface area contributed by atoms with Crippen LogP contribution in [-0.2, 0) is 14.8 Å². The number of nitrogens with zero attached hydrogens (tertiary/aromatic N) is 2. The highest BCUT2D eigenvalue weighted by Gasteiger charge is 2.30. The average Bonchev–Trinajstić information content (AvgIpc) is 2.50. The van der Waals surface area contributed by atoms with E-state index in [0.29, 0.717) is 24.7 Å². The van der Waals surface area contributed by atoms with Crippen molar-refractivity contribution >= 4 is 27.7 Å². The Labute approximate surface area is 135 Å². The summed E-state index contributed by atoms with van der Waals surface area (Å²) in [5.74, 6) is 0. The topological polar surface area (TPSA) is 66.9 Å². The van der Waals surface area contributed by atoms with Crippen LogP contribution in [0.1, 0.15) is 12.5 Å². The molecule has 1 aromatic carbocycles. The molecule has 8 heteroatoms. The molecule has 1 aliphatic rings. The predicted molar refractivity (Wildman–Crippen MR) is 83.5 cm³/mol. The van der Waals surface area contributed by atoms with Crippen LogP contribution in [0.4, 0.5) is 4.79 Å². The highest BCUT2D eigenvalue weighted by molar-refractivity contribution is 7.89. The van der Waals surface area contributed by atoms with Crippen LogP contribution in [0.25, 0.3) is 0 Å². The second-order valence-electron chi connectivity index (χ2n) is 5.00. The Morgan fingerprint density at radius 3 is 2.45 bits per heavy atom. The van der Waals surface area contributed by atoms with E-state index in [1.165, 1.54) is 15.3 Å². The second kappa shape index (κ2) is 6.85. The number of ether oxygens (including phenoxy) is 1. The molecule has 1 amide bonds. The van der Waals surface area contributed by atoms with Gasteiger partial charge in [0, 0.05) is 31.2 Å². The molecule has 0 bridgehead atoms. The zero-order valence-electron chi connectivity index (χ0n) is 12.6. The number of halogens is 1. The largest absolute Gasteiger partial charge is 0.450 e. The molecule has 0 unspecified atom stereocenters. The van der Waals surface area contributed by atoms with Gasteiger partial charge >= 0.3 is 6.09 Å². The first-order valence-corrected chi connectivity index (χ1v) is 8.86. The number of piperazine rings is 1. The summed E-state index contributed by atoms with van der Waals surface area (Å²) in [6, 6.07) is 4.70. The van der Waals surface area contributed by atoms with Gasteiger partial charge in [0.25, 0.3) is 0 Å². The molecule has 22 heavy (non-hydrogen) atoms. The normalized spacial score (nSPS) is 16.6. The van der Waals surface area contributed by atoms with Gasteiger partial charge in [0.2, 0.25) is 10.0 Å². The van der Waals surface area contributed by atoms with E-state index in [0.717, 1.165) is 5.56 Å². The van der Waals surface area contributed by atoms with E-state index in [1.807, 2.05) is 6.92 Å². The van der Waals surface area contributed by atoms with E-state index >= 15 is 0 Å². The Hall–Kier alpha value is -1.31. The number of benzene rings is 1. The van der Waals surface area contributed by atoms with Crippen molar-refractivity contribution in [1.82, 2.24) is 9.21 Å². The van der Waals surface area contributed by atoms with Crippen molar-refractivity contribution in [1.29, 1.82) is 0 Å². The van der Waals surface area contributed by atoms with Crippen LogP contribution < -0.4 is 0 Å². The Bertz CT molecular complexity index is 655. The fraction of sp³-hybridized carbons (Fsp3) is 0.500. The van der Waals surface area contributed by atoms with Crippen molar-refractivity contribution < 1.29 is 17.9 Å². The number of amides is 1. The maximum atomic E-state index is 12.6. The standard InChI is InChI=1S/C14H19ClN2O4S/c1-3-21-14(18)16-6-8-17(9-7-16)22(19,20)12-5-4-11(2)13(15)10-12/h4-5,10H,3,6-9H2,1-2H3. The summed E-state index contributed by atoms with van der Waals surface area (Å²) >= 11 is 6.01. The van der Waals surface area contributed by atoms with E-state index < -0.39 is 16.1 Å². The molecule has 0 N–H and O–H groups in total. The number of hydrogen-bond acceptors (Lipinski definition) is 4. The highest BCUT2D eigenvalue weighted by atomic mass is 35.5. The van der Waals surface area contributed by atoms with Crippen molar-refractivity contribution in [3.63, 3.8) is 0 Å². The third kappa shape index (κ3) is 3.53. The zero-order chi connectivity index (χ0) is 16.3. The van der Waals surface area contributed by atoms with Gasteiger partial charge < -0.3 is 9.64 Å². The minimum absolute atomic E-state index is 0.174. The molecule has 6 nitrogen and oxygen atoms in total. The number of hydrogen-bond donors (Lipinski definition) is 0. The Kier molecular flexibility index (Phi) is 5.31. The summed E-state index contributed by atoms with van der Waals surface area (Å²) < 4.78 is 31.5. The quantitative estimate of drug-likeness (QED) is 0.840. The third-order valence-electron chi connectivity index (χ3n) is 3.55. The Balaban J connectivity index is 2.09. The number of carbonyl (C=O) groups excluding carboxylic acids is 1. The average molecular weight is 347 g/mol. The van der Waals surface area contributed by atoms with Crippen molar-refractivity contribution in [3.8, 4) is 0 Å². The van der Waals surface area contributed by atoms with Gasteiger partial charge in [0.05, 0.1) is 11.5 Å².